The molecular weight excluding hydrogens is 238 g/mol. The summed E-state index contributed by atoms with van der Waals surface area (Å²) in [6.45, 7) is 1.76. The molecular formula is C12H14ClN3O. The highest BCUT2D eigenvalue weighted by atomic mass is 35.5. The summed E-state index contributed by atoms with van der Waals surface area (Å²) in [5.41, 5.74) is 1.14. The topological polar surface area (TPSA) is 56.1 Å². The third kappa shape index (κ3) is 3.36. The van der Waals surface area contributed by atoms with E-state index in [9.17, 15) is 4.79 Å². The maximum atomic E-state index is 11.6. The van der Waals surface area contributed by atoms with Crippen LogP contribution in [-0.4, -0.2) is 30.9 Å². The predicted octanol–water partition coefficient (Wildman–Crippen LogP) is 2.10. The number of halogens is 1. The van der Waals surface area contributed by atoms with E-state index < -0.39 is 0 Å². The second-order valence-corrected chi connectivity index (χ2v) is 4.31. The quantitative estimate of drug-likeness (QED) is 0.895. The Kier molecular flexibility index (Phi) is 4.36. The molecule has 17 heavy (non-hydrogen) atoms. The van der Waals surface area contributed by atoms with E-state index in [0.717, 1.165) is 0 Å². The number of benzene rings is 1. The van der Waals surface area contributed by atoms with Crippen LogP contribution >= 0.6 is 11.6 Å². The van der Waals surface area contributed by atoms with Crippen molar-refractivity contribution in [1.29, 1.82) is 5.26 Å². The van der Waals surface area contributed by atoms with Crippen LogP contribution in [0, 0.1) is 11.3 Å². The molecule has 0 saturated carbocycles. The number of rotatable bonds is 3. The average Bonchev–Trinajstić information content (AvgIpc) is 2.30. The van der Waals surface area contributed by atoms with Crippen molar-refractivity contribution in [2.45, 2.75) is 13.0 Å². The van der Waals surface area contributed by atoms with Crippen LogP contribution in [0.1, 0.15) is 12.5 Å². The molecule has 1 aromatic carbocycles. The molecule has 0 spiro atoms. The SMILES string of the molecule is CC(Nc1ccc(C#N)cc1Cl)C(=O)N(C)C. The third-order valence-electron chi connectivity index (χ3n) is 2.28. The molecule has 4 nitrogen and oxygen atoms in total. The lowest BCUT2D eigenvalue weighted by molar-refractivity contribution is -0.129. The highest BCUT2D eigenvalue weighted by molar-refractivity contribution is 6.33. The largest absolute Gasteiger partial charge is 0.373 e. The average molecular weight is 252 g/mol. The second-order valence-electron chi connectivity index (χ2n) is 3.91. The van der Waals surface area contributed by atoms with E-state index in [1.165, 1.54) is 4.90 Å². The van der Waals surface area contributed by atoms with Gasteiger partial charge in [-0.25, -0.2) is 0 Å². The van der Waals surface area contributed by atoms with Crippen molar-refractivity contribution in [2.24, 2.45) is 0 Å². The Morgan fingerprint density at radius 3 is 2.65 bits per heavy atom. The Morgan fingerprint density at radius 1 is 1.53 bits per heavy atom. The minimum atomic E-state index is -0.365. The Balaban J connectivity index is 2.83. The lowest BCUT2D eigenvalue weighted by Crippen LogP contribution is -2.36. The summed E-state index contributed by atoms with van der Waals surface area (Å²) >= 11 is 6.00. The van der Waals surface area contributed by atoms with Crippen LogP contribution in [0.25, 0.3) is 0 Å². The molecule has 0 aromatic heterocycles. The van der Waals surface area contributed by atoms with Gasteiger partial charge in [-0.2, -0.15) is 5.26 Å². The standard InChI is InChI=1S/C12H14ClN3O/c1-8(12(17)16(2)3)15-11-5-4-9(7-14)6-10(11)13/h4-6,8,15H,1-3H3. The van der Waals surface area contributed by atoms with Gasteiger partial charge in [-0.15, -0.1) is 0 Å². The Labute approximate surface area is 106 Å². The van der Waals surface area contributed by atoms with Gasteiger partial charge in [0.15, 0.2) is 0 Å². The van der Waals surface area contributed by atoms with Crippen molar-refractivity contribution in [3.63, 3.8) is 0 Å². The van der Waals surface area contributed by atoms with Gasteiger partial charge < -0.3 is 10.2 Å². The Morgan fingerprint density at radius 2 is 2.18 bits per heavy atom. The number of amides is 1. The first kappa shape index (κ1) is 13.3. The normalized spacial score (nSPS) is 11.5. The molecule has 0 aliphatic carbocycles. The summed E-state index contributed by atoms with van der Waals surface area (Å²) in [6.07, 6.45) is 0. The molecule has 1 atom stereocenters. The van der Waals surface area contributed by atoms with E-state index in [4.69, 9.17) is 16.9 Å². The zero-order chi connectivity index (χ0) is 13.0. The molecule has 1 amide bonds. The van der Waals surface area contributed by atoms with Crippen molar-refractivity contribution >= 4 is 23.2 Å². The van der Waals surface area contributed by atoms with Gasteiger partial charge in [-0.3, -0.25) is 4.79 Å². The maximum Gasteiger partial charge on any atom is 0.244 e. The molecule has 0 bridgehead atoms. The second kappa shape index (κ2) is 5.55. The van der Waals surface area contributed by atoms with Crippen molar-refractivity contribution in [3.8, 4) is 6.07 Å². The number of anilines is 1. The van der Waals surface area contributed by atoms with Gasteiger partial charge in [0.2, 0.25) is 5.91 Å². The highest BCUT2D eigenvalue weighted by Gasteiger charge is 2.15. The molecule has 90 valence electrons. The summed E-state index contributed by atoms with van der Waals surface area (Å²) in [5, 5.41) is 12.1. The molecule has 0 aliphatic heterocycles. The summed E-state index contributed by atoms with van der Waals surface area (Å²) in [5.74, 6) is -0.0366. The van der Waals surface area contributed by atoms with Crippen LogP contribution in [0.5, 0.6) is 0 Å². The molecule has 0 saturated heterocycles. The molecule has 0 aliphatic rings. The van der Waals surface area contributed by atoms with Crippen molar-refractivity contribution in [2.75, 3.05) is 19.4 Å². The van der Waals surface area contributed by atoms with Crippen molar-refractivity contribution < 1.29 is 4.79 Å². The summed E-state index contributed by atoms with van der Waals surface area (Å²) in [6, 6.07) is 6.55. The number of hydrogen-bond acceptors (Lipinski definition) is 3. The highest BCUT2D eigenvalue weighted by Crippen LogP contribution is 2.23. The van der Waals surface area contributed by atoms with Gasteiger partial charge in [0.25, 0.3) is 0 Å². The van der Waals surface area contributed by atoms with E-state index in [0.29, 0.717) is 16.3 Å². The van der Waals surface area contributed by atoms with Crippen LogP contribution in [0.2, 0.25) is 5.02 Å². The van der Waals surface area contributed by atoms with Crippen LogP contribution in [0.15, 0.2) is 18.2 Å². The summed E-state index contributed by atoms with van der Waals surface area (Å²) < 4.78 is 0. The maximum absolute atomic E-state index is 11.6. The molecule has 1 rings (SSSR count). The van der Waals surface area contributed by atoms with Gasteiger partial charge in [0, 0.05) is 14.1 Å². The first-order valence-corrected chi connectivity index (χ1v) is 5.51. The van der Waals surface area contributed by atoms with Gasteiger partial charge in [-0.1, -0.05) is 11.6 Å². The van der Waals surface area contributed by atoms with Crippen LogP contribution in [-0.2, 0) is 4.79 Å². The number of carbonyl (C=O) groups excluding carboxylic acids is 1. The van der Waals surface area contributed by atoms with Crippen LogP contribution < -0.4 is 5.32 Å². The minimum Gasteiger partial charge on any atom is -0.373 e. The minimum absolute atomic E-state index is 0.0366. The van der Waals surface area contributed by atoms with E-state index in [2.05, 4.69) is 5.32 Å². The zero-order valence-corrected chi connectivity index (χ0v) is 10.7. The first-order chi connectivity index (χ1) is 7.95. The van der Waals surface area contributed by atoms with E-state index in [1.54, 1.807) is 39.2 Å². The number of nitrogens with one attached hydrogen (secondary N) is 1. The lowest BCUT2D eigenvalue weighted by atomic mass is 10.2. The fourth-order valence-electron chi connectivity index (χ4n) is 1.38. The molecule has 5 heteroatoms. The predicted molar refractivity (Wildman–Crippen MR) is 67.9 cm³/mol. The fraction of sp³-hybridized carbons (Fsp3) is 0.333. The number of nitriles is 1. The number of nitrogens with zero attached hydrogens (tertiary/aromatic N) is 2. The summed E-state index contributed by atoms with van der Waals surface area (Å²) in [7, 11) is 3.39. The molecule has 0 fully saturated rings. The van der Waals surface area contributed by atoms with Gasteiger partial charge in [0.05, 0.1) is 22.3 Å². The van der Waals surface area contributed by atoms with E-state index in [1.807, 2.05) is 6.07 Å². The lowest BCUT2D eigenvalue weighted by Gasteiger charge is -2.19. The number of likely N-dealkylation sites (N-methyl/N-ethyl adjacent to an activating group) is 1. The number of carbonyl (C=O) groups is 1. The molecule has 0 heterocycles. The van der Waals surface area contributed by atoms with Crippen LogP contribution in [0.3, 0.4) is 0 Å². The first-order valence-electron chi connectivity index (χ1n) is 5.13. The molecule has 1 unspecified atom stereocenters. The van der Waals surface area contributed by atoms with Crippen molar-refractivity contribution in [3.05, 3.63) is 28.8 Å². The van der Waals surface area contributed by atoms with Crippen LogP contribution in [0.4, 0.5) is 5.69 Å². The molecule has 0 radical (unpaired) electrons. The fourth-order valence-corrected chi connectivity index (χ4v) is 1.62. The Bertz CT molecular complexity index is 465. The summed E-state index contributed by atoms with van der Waals surface area (Å²) in [4.78, 5) is 13.2. The van der Waals surface area contributed by atoms with Crippen molar-refractivity contribution in [1.82, 2.24) is 4.90 Å². The van der Waals surface area contributed by atoms with Gasteiger partial charge >= 0.3 is 0 Å². The zero-order valence-electron chi connectivity index (χ0n) is 9.99. The Hall–Kier alpha value is -1.73. The monoisotopic (exact) mass is 251 g/mol. The van der Waals surface area contributed by atoms with E-state index in [-0.39, 0.29) is 11.9 Å². The van der Waals surface area contributed by atoms with Gasteiger partial charge in [0.1, 0.15) is 6.04 Å². The third-order valence-corrected chi connectivity index (χ3v) is 2.59. The smallest absolute Gasteiger partial charge is 0.244 e. The van der Waals surface area contributed by atoms with E-state index >= 15 is 0 Å². The molecule has 1 N–H and O–H groups in total. The van der Waals surface area contributed by atoms with Gasteiger partial charge in [-0.05, 0) is 25.1 Å². The number of hydrogen-bond donors (Lipinski definition) is 1. The molecule has 1 aromatic rings.